The second-order valence-electron chi connectivity index (χ2n) is 7.83. The molecule has 0 bridgehead atoms. The van der Waals surface area contributed by atoms with Crippen LogP contribution in [0, 0.1) is 19.8 Å². The van der Waals surface area contributed by atoms with Gasteiger partial charge in [-0.2, -0.15) is 5.10 Å². The van der Waals surface area contributed by atoms with Crippen LogP contribution in [0.15, 0.2) is 53.1 Å². The maximum absolute atomic E-state index is 13.0. The Balaban J connectivity index is 1.41. The van der Waals surface area contributed by atoms with E-state index in [1.807, 2.05) is 54.9 Å². The first-order valence-corrected chi connectivity index (χ1v) is 11.1. The zero-order valence-electron chi connectivity index (χ0n) is 17.5. The number of carbonyl (C=O) groups excluding carboxylic acids is 2. The van der Waals surface area contributed by atoms with Crippen molar-refractivity contribution < 1.29 is 9.59 Å². The lowest BCUT2D eigenvalue weighted by atomic mass is 9.96. The van der Waals surface area contributed by atoms with E-state index in [0.29, 0.717) is 24.5 Å². The molecule has 0 aliphatic carbocycles. The summed E-state index contributed by atoms with van der Waals surface area (Å²) in [7, 11) is 0. The Labute approximate surface area is 189 Å². The predicted molar refractivity (Wildman–Crippen MR) is 122 cm³/mol. The number of halogens is 1. The molecule has 1 unspecified atom stereocenters. The van der Waals surface area contributed by atoms with Crippen molar-refractivity contribution in [3.63, 3.8) is 0 Å². The molecule has 0 saturated carbocycles. The van der Waals surface area contributed by atoms with Gasteiger partial charge in [0.1, 0.15) is 5.82 Å². The van der Waals surface area contributed by atoms with Gasteiger partial charge in [-0.25, -0.2) is 9.67 Å². The van der Waals surface area contributed by atoms with Crippen molar-refractivity contribution in [2.75, 3.05) is 18.4 Å². The van der Waals surface area contributed by atoms with Crippen molar-refractivity contribution >= 4 is 33.6 Å². The minimum Gasteiger partial charge on any atom is -0.338 e. The molecule has 1 atom stereocenters. The Bertz CT molecular complexity index is 1090. The van der Waals surface area contributed by atoms with E-state index < -0.39 is 0 Å². The van der Waals surface area contributed by atoms with Crippen LogP contribution in [0.1, 0.15) is 34.6 Å². The fourth-order valence-corrected chi connectivity index (χ4v) is 4.11. The highest BCUT2D eigenvalue weighted by atomic mass is 79.9. The number of anilines is 1. The molecule has 1 saturated heterocycles. The Hall–Kier alpha value is -3.00. The summed E-state index contributed by atoms with van der Waals surface area (Å²) >= 11 is 3.33. The van der Waals surface area contributed by atoms with E-state index in [9.17, 15) is 9.59 Å². The average molecular weight is 482 g/mol. The predicted octanol–water partition coefficient (Wildman–Crippen LogP) is 4.14. The number of nitrogens with zero attached hydrogens (tertiary/aromatic N) is 4. The number of piperidine rings is 1. The van der Waals surface area contributed by atoms with Gasteiger partial charge in [-0.1, -0.05) is 0 Å². The summed E-state index contributed by atoms with van der Waals surface area (Å²) in [4.78, 5) is 31.7. The first-order chi connectivity index (χ1) is 14.9. The number of pyridine rings is 1. The SMILES string of the molecule is Cc1cc(C)n(-c2ccc(C(=O)N3CCCC(C(=O)Nc4ccc(Br)cn4)C3)cc2)n1. The molecular formula is C23H24BrN5O2. The first-order valence-electron chi connectivity index (χ1n) is 10.3. The van der Waals surface area contributed by atoms with Gasteiger partial charge in [0.2, 0.25) is 5.91 Å². The lowest BCUT2D eigenvalue weighted by Crippen LogP contribution is -2.43. The van der Waals surface area contributed by atoms with E-state index in [-0.39, 0.29) is 17.7 Å². The zero-order valence-corrected chi connectivity index (χ0v) is 19.1. The van der Waals surface area contributed by atoms with E-state index in [4.69, 9.17) is 0 Å². The van der Waals surface area contributed by atoms with Gasteiger partial charge in [-0.15, -0.1) is 0 Å². The summed E-state index contributed by atoms with van der Waals surface area (Å²) in [6.07, 6.45) is 3.19. The van der Waals surface area contributed by atoms with E-state index in [0.717, 1.165) is 34.4 Å². The highest BCUT2D eigenvalue weighted by Crippen LogP contribution is 2.21. The first kappa shape index (κ1) is 21.2. The Kier molecular flexibility index (Phi) is 6.18. The molecule has 3 aromatic rings. The second kappa shape index (κ2) is 9.01. The molecule has 31 heavy (non-hydrogen) atoms. The molecular weight excluding hydrogens is 458 g/mol. The van der Waals surface area contributed by atoms with Crippen molar-refractivity contribution in [3.05, 3.63) is 70.1 Å². The monoisotopic (exact) mass is 481 g/mol. The van der Waals surface area contributed by atoms with E-state index >= 15 is 0 Å². The molecule has 7 nitrogen and oxygen atoms in total. The number of hydrogen-bond acceptors (Lipinski definition) is 4. The highest BCUT2D eigenvalue weighted by molar-refractivity contribution is 9.10. The standard InChI is InChI=1S/C23H24BrN5O2/c1-15-12-16(2)29(27-15)20-8-5-17(6-9-20)23(31)28-11-3-4-18(14-28)22(30)26-21-10-7-19(24)13-25-21/h5-10,12-13,18H,3-4,11,14H2,1-2H3,(H,25,26,30). The van der Waals surface area contributed by atoms with Crippen molar-refractivity contribution in [3.8, 4) is 5.69 Å². The van der Waals surface area contributed by atoms with Gasteiger partial charge in [-0.3, -0.25) is 9.59 Å². The number of hydrogen-bond donors (Lipinski definition) is 1. The maximum atomic E-state index is 13.0. The van der Waals surface area contributed by atoms with Gasteiger partial charge in [0, 0.05) is 35.0 Å². The summed E-state index contributed by atoms with van der Waals surface area (Å²) < 4.78 is 2.71. The van der Waals surface area contributed by atoms with E-state index in [2.05, 4.69) is 31.3 Å². The van der Waals surface area contributed by atoms with Crippen LogP contribution >= 0.6 is 15.9 Å². The molecule has 0 radical (unpaired) electrons. The van der Waals surface area contributed by atoms with Crippen LogP contribution in [0.5, 0.6) is 0 Å². The molecule has 1 fully saturated rings. The number of aryl methyl sites for hydroxylation is 2. The van der Waals surface area contributed by atoms with Gasteiger partial charge in [-0.05, 0) is 85.1 Å². The van der Waals surface area contributed by atoms with Crippen LogP contribution < -0.4 is 5.32 Å². The van der Waals surface area contributed by atoms with Gasteiger partial charge in [0.05, 0.1) is 17.3 Å². The van der Waals surface area contributed by atoms with Crippen LogP contribution in [-0.2, 0) is 4.79 Å². The van der Waals surface area contributed by atoms with Crippen LogP contribution in [0.25, 0.3) is 5.69 Å². The average Bonchev–Trinajstić information content (AvgIpc) is 3.13. The highest BCUT2D eigenvalue weighted by Gasteiger charge is 2.29. The summed E-state index contributed by atoms with van der Waals surface area (Å²) in [6.45, 7) is 5.01. The number of rotatable bonds is 4. The van der Waals surface area contributed by atoms with Gasteiger partial charge in [0.25, 0.3) is 5.91 Å². The topological polar surface area (TPSA) is 80.1 Å². The quantitative estimate of drug-likeness (QED) is 0.607. The third kappa shape index (κ3) is 4.85. The molecule has 4 rings (SSSR count). The minimum atomic E-state index is -0.253. The Morgan fingerprint density at radius 1 is 1.13 bits per heavy atom. The van der Waals surface area contributed by atoms with Gasteiger partial charge < -0.3 is 10.2 Å². The van der Waals surface area contributed by atoms with Crippen molar-refractivity contribution in [2.24, 2.45) is 5.92 Å². The smallest absolute Gasteiger partial charge is 0.253 e. The number of benzene rings is 1. The lowest BCUT2D eigenvalue weighted by Gasteiger charge is -2.32. The molecule has 0 spiro atoms. The normalized spacial score (nSPS) is 16.2. The van der Waals surface area contributed by atoms with Gasteiger partial charge in [0.15, 0.2) is 0 Å². The molecule has 1 aliphatic rings. The molecule has 160 valence electrons. The van der Waals surface area contributed by atoms with Crippen LogP contribution in [0.3, 0.4) is 0 Å². The Morgan fingerprint density at radius 2 is 1.90 bits per heavy atom. The molecule has 2 aromatic heterocycles. The summed E-state index contributed by atoms with van der Waals surface area (Å²) in [5, 5.41) is 7.33. The van der Waals surface area contributed by atoms with Crippen LogP contribution in [-0.4, -0.2) is 44.6 Å². The summed E-state index contributed by atoms with van der Waals surface area (Å²) in [6, 6.07) is 13.0. The fraction of sp³-hybridized carbons (Fsp3) is 0.304. The second-order valence-corrected chi connectivity index (χ2v) is 8.74. The fourth-order valence-electron chi connectivity index (χ4n) is 3.87. The Morgan fingerprint density at radius 3 is 2.55 bits per heavy atom. The number of nitrogens with one attached hydrogen (secondary N) is 1. The lowest BCUT2D eigenvalue weighted by molar-refractivity contribution is -0.121. The maximum Gasteiger partial charge on any atom is 0.253 e. The zero-order chi connectivity index (χ0) is 22.0. The number of aromatic nitrogens is 3. The minimum absolute atomic E-state index is 0.0563. The molecule has 1 N–H and O–H groups in total. The van der Waals surface area contributed by atoms with Crippen molar-refractivity contribution in [1.82, 2.24) is 19.7 Å². The van der Waals surface area contributed by atoms with E-state index in [1.165, 1.54) is 0 Å². The number of amides is 2. The van der Waals surface area contributed by atoms with Crippen molar-refractivity contribution in [1.29, 1.82) is 0 Å². The molecule has 8 heteroatoms. The summed E-state index contributed by atoms with van der Waals surface area (Å²) in [5.74, 6) is 0.0971. The molecule has 1 aliphatic heterocycles. The third-order valence-electron chi connectivity index (χ3n) is 5.43. The number of likely N-dealkylation sites (tertiary alicyclic amines) is 1. The van der Waals surface area contributed by atoms with Crippen LogP contribution in [0.4, 0.5) is 5.82 Å². The largest absolute Gasteiger partial charge is 0.338 e. The number of carbonyl (C=O) groups is 2. The molecule has 3 heterocycles. The summed E-state index contributed by atoms with van der Waals surface area (Å²) in [5.41, 5.74) is 3.52. The molecule has 1 aromatic carbocycles. The van der Waals surface area contributed by atoms with Crippen molar-refractivity contribution in [2.45, 2.75) is 26.7 Å². The molecule has 2 amide bonds. The van der Waals surface area contributed by atoms with Crippen LogP contribution in [0.2, 0.25) is 0 Å². The van der Waals surface area contributed by atoms with E-state index in [1.54, 1.807) is 17.2 Å². The third-order valence-corrected chi connectivity index (χ3v) is 5.90. The van der Waals surface area contributed by atoms with Gasteiger partial charge >= 0.3 is 0 Å².